The molecule has 2 aromatic rings. The number of benzene rings is 2. The third-order valence-corrected chi connectivity index (χ3v) is 5.51. The number of carbonyl (C=O) groups excluding carboxylic acids is 1. The number of anilines is 1. The predicted molar refractivity (Wildman–Crippen MR) is 114 cm³/mol. The summed E-state index contributed by atoms with van der Waals surface area (Å²) >= 11 is 0. The average Bonchev–Trinajstić information content (AvgIpc) is 3.19. The molecule has 30 heavy (non-hydrogen) atoms. The zero-order valence-electron chi connectivity index (χ0n) is 17.4. The first-order chi connectivity index (χ1) is 14.4. The molecule has 0 saturated heterocycles. The molecule has 0 bridgehead atoms. The smallest absolute Gasteiger partial charge is 0.235 e. The number of hydrogen-bond donors (Lipinski definition) is 2. The van der Waals surface area contributed by atoms with Crippen LogP contribution >= 0.6 is 0 Å². The highest BCUT2D eigenvalue weighted by molar-refractivity contribution is 6.14. The maximum atomic E-state index is 12.8. The van der Waals surface area contributed by atoms with Gasteiger partial charge >= 0.3 is 0 Å². The Morgan fingerprint density at radius 1 is 1.27 bits per heavy atom. The van der Waals surface area contributed by atoms with Crippen molar-refractivity contribution >= 4 is 11.5 Å². The monoisotopic (exact) mass is 410 g/mol. The zero-order chi connectivity index (χ0) is 21.4. The summed E-state index contributed by atoms with van der Waals surface area (Å²) in [6.07, 6.45) is 2.83. The van der Waals surface area contributed by atoms with Crippen molar-refractivity contribution in [2.24, 2.45) is 0 Å². The van der Waals surface area contributed by atoms with E-state index in [1.54, 1.807) is 7.11 Å². The standard InChI is InChI=1S/C23H26N2O5/c1-24(2)7-4-8-25-13-14(17-12-16(29-3)5-6-18(17)25)9-21-23(28)22-19(27)10-15(26)11-20(22)30-21/h5-6,9-12,14,26-27H,4,7-8,13H2,1-3H3/b21-9-. The molecule has 0 saturated carbocycles. The van der Waals surface area contributed by atoms with Gasteiger partial charge in [-0.2, -0.15) is 0 Å². The number of aromatic hydroxyl groups is 2. The maximum Gasteiger partial charge on any atom is 0.235 e. The minimum atomic E-state index is -0.377. The van der Waals surface area contributed by atoms with E-state index in [1.807, 2.05) is 18.2 Å². The molecule has 158 valence electrons. The van der Waals surface area contributed by atoms with Crippen molar-refractivity contribution in [2.45, 2.75) is 12.3 Å². The third-order valence-electron chi connectivity index (χ3n) is 5.51. The van der Waals surface area contributed by atoms with Gasteiger partial charge in [-0.1, -0.05) is 0 Å². The molecule has 2 aliphatic rings. The first-order valence-electron chi connectivity index (χ1n) is 9.95. The molecule has 0 aliphatic carbocycles. The molecule has 7 heteroatoms. The number of rotatable bonds is 6. The molecular formula is C23H26N2O5. The molecule has 2 aromatic carbocycles. The van der Waals surface area contributed by atoms with Crippen LogP contribution in [-0.4, -0.2) is 61.7 Å². The van der Waals surface area contributed by atoms with Crippen LogP contribution in [0.1, 0.15) is 28.3 Å². The summed E-state index contributed by atoms with van der Waals surface area (Å²) in [5.74, 6) is 0.240. The Morgan fingerprint density at radius 3 is 2.80 bits per heavy atom. The molecule has 4 rings (SSSR count). The summed E-state index contributed by atoms with van der Waals surface area (Å²) in [5, 5.41) is 19.7. The van der Waals surface area contributed by atoms with Gasteiger partial charge in [0.2, 0.25) is 5.78 Å². The van der Waals surface area contributed by atoms with Crippen LogP contribution in [0.4, 0.5) is 5.69 Å². The van der Waals surface area contributed by atoms with Crippen LogP contribution in [0.2, 0.25) is 0 Å². The van der Waals surface area contributed by atoms with Crippen molar-refractivity contribution in [1.29, 1.82) is 0 Å². The van der Waals surface area contributed by atoms with E-state index in [0.717, 1.165) is 49.1 Å². The van der Waals surface area contributed by atoms with Crippen LogP contribution in [0, 0.1) is 0 Å². The van der Waals surface area contributed by atoms with Crippen molar-refractivity contribution < 1.29 is 24.5 Å². The summed E-state index contributed by atoms with van der Waals surface area (Å²) in [4.78, 5) is 17.3. The van der Waals surface area contributed by atoms with Gasteiger partial charge in [0.15, 0.2) is 5.76 Å². The lowest BCUT2D eigenvalue weighted by molar-refractivity contribution is 0.101. The largest absolute Gasteiger partial charge is 0.508 e. The maximum absolute atomic E-state index is 12.8. The Bertz CT molecular complexity index is 1010. The van der Waals surface area contributed by atoms with Gasteiger partial charge in [-0.05, 0) is 56.9 Å². The number of phenolic OH excluding ortho intramolecular Hbond substituents is 2. The number of methoxy groups -OCH3 is 1. The fourth-order valence-electron chi connectivity index (χ4n) is 4.09. The van der Waals surface area contributed by atoms with Gasteiger partial charge in [0, 0.05) is 36.8 Å². The van der Waals surface area contributed by atoms with Gasteiger partial charge in [0.1, 0.15) is 28.6 Å². The minimum Gasteiger partial charge on any atom is -0.508 e. The van der Waals surface area contributed by atoms with Crippen LogP contribution in [0.15, 0.2) is 42.2 Å². The van der Waals surface area contributed by atoms with Crippen LogP contribution < -0.4 is 14.4 Å². The number of allylic oxidation sites excluding steroid dienone is 1. The average molecular weight is 410 g/mol. The van der Waals surface area contributed by atoms with Crippen molar-refractivity contribution in [2.75, 3.05) is 45.7 Å². The number of Topliss-reactive ketones (excluding diaryl/α,β-unsaturated/α-hetero) is 1. The molecule has 0 radical (unpaired) electrons. The van der Waals surface area contributed by atoms with Gasteiger partial charge in [-0.25, -0.2) is 0 Å². The van der Waals surface area contributed by atoms with Crippen LogP contribution in [0.3, 0.4) is 0 Å². The van der Waals surface area contributed by atoms with E-state index < -0.39 is 0 Å². The number of fused-ring (bicyclic) bond motifs is 2. The van der Waals surface area contributed by atoms with Crippen LogP contribution in [0.25, 0.3) is 0 Å². The van der Waals surface area contributed by atoms with Gasteiger partial charge in [-0.15, -0.1) is 0 Å². The lowest BCUT2D eigenvalue weighted by Gasteiger charge is -2.21. The molecule has 0 fully saturated rings. The highest BCUT2D eigenvalue weighted by Crippen LogP contribution is 2.43. The fraction of sp³-hybridized carbons (Fsp3) is 0.348. The van der Waals surface area contributed by atoms with Crippen molar-refractivity contribution in [3.63, 3.8) is 0 Å². The number of nitrogens with zero attached hydrogens (tertiary/aromatic N) is 2. The normalized spacial score (nSPS) is 18.7. The Morgan fingerprint density at radius 2 is 2.07 bits per heavy atom. The molecule has 2 heterocycles. The van der Waals surface area contributed by atoms with E-state index >= 15 is 0 Å². The molecule has 2 N–H and O–H groups in total. The van der Waals surface area contributed by atoms with Crippen LogP contribution in [0.5, 0.6) is 23.0 Å². The number of carbonyl (C=O) groups is 1. The Hall–Kier alpha value is -3.19. The second-order valence-corrected chi connectivity index (χ2v) is 7.93. The summed E-state index contributed by atoms with van der Waals surface area (Å²) in [5.41, 5.74) is 2.29. The second kappa shape index (κ2) is 7.91. The zero-order valence-corrected chi connectivity index (χ0v) is 17.4. The lowest BCUT2D eigenvalue weighted by atomic mass is 9.99. The number of phenols is 2. The van der Waals surface area contributed by atoms with Gasteiger partial charge in [0.25, 0.3) is 0 Å². The molecule has 0 spiro atoms. The Balaban J connectivity index is 1.63. The van der Waals surface area contributed by atoms with Crippen LogP contribution in [-0.2, 0) is 0 Å². The predicted octanol–water partition coefficient (Wildman–Crippen LogP) is 3.12. The second-order valence-electron chi connectivity index (χ2n) is 7.93. The summed E-state index contributed by atoms with van der Waals surface area (Å²) in [6.45, 7) is 2.62. The Labute approximate surface area is 175 Å². The number of ketones is 1. The van der Waals surface area contributed by atoms with E-state index in [0.29, 0.717) is 0 Å². The first kappa shape index (κ1) is 20.1. The molecule has 7 nitrogen and oxygen atoms in total. The van der Waals surface area contributed by atoms with E-state index in [9.17, 15) is 15.0 Å². The topological polar surface area (TPSA) is 82.5 Å². The number of hydrogen-bond acceptors (Lipinski definition) is 7. The van der Waals surface area contributed by atoms with Crippen molar-refractivity contribution in [1.82, 2.24) is 4.90 Å². The highest BCUT2D eigenvalue weighted by Gasteiger charge is 2.34. The third kappa shape index (κ3) is 3.68. The molecule has 0 aromatic heterocycles. The molecule has 1 atom stereocenters. The first-order valence-corrected chi connectivity index (χ1v) is 9.95. The lowest BCUT2D eigenvalue weighted by Crippen LogP contribution is -2.26. The van der Waals surface area contributed by atoms with Gasteiger partial charge < -0.3 is 29.5 Å². The molecule has 1 unspecified atom stereocenters. The van der Waals surface area contributed by atoms with E-state index in [2.05, 4.69) is 30.0 Å². The van der Waals surface area contributed by atoms with Gasteiger partial charge in [-0.3, -0.25) is 4.79 Å². The van der Waals surface area contributed by atoms with E-state index in [1.165, 1.54) is 6.07 Å². The van der Waals surface area contributed by atoms with Gasteiger partial charge in [0.05, 0.1) is 7.11 Å². The quantitative estimate of drug-likeness (QED) is 0.708. The van der Waals surface area contributed by atoms with E-state index in [4.69, 9.17) is 9.47 Å². The SMILES string of the molecule is COc1ccc2c(c1)C(/C=C1\Oc3cc(O)cc(O)c3C1=O)CN2CCCN(C)C. The fourth-order valence-corrected chi connectivity index (χ4v) is 4.09. The molecule has 2 aliphatic heterocycles. The summed E-state index contributed by atoms with van der Waals surface area (Å²) in [6, 6.07) is 8.48. The Kier molecular flexibility index (Phi) is 5.30. The van der Waals surface area contributed by atoms with Crippen molar-refractivity contribution in [3.8, 4) is 23.0 Å². The minimum absolute atomic E-state index is 0.0570. The molecule has 0 amide bonds. The summed E-state index contributed by atoms with van der Waals surface area (Å²) < 4.78 is 11.1. The molecular weight excluding hydrogens is 384 g/mol. The summed E-state index contributed by atoms with van der Waals surface area (Å²) in [7, 11) is 5.75. The number of ether oxygens (including phenoxy) is 2. The van der Waals surface area contributed by atoms with Crippen molar-refractivity contribution in [3.05, 3.63) is 53.3 Å². The van der Waals surface area contributed by atoms with E-state index in [-0.39, 0.29) is 40.3 Å². The highest BCUT2D eigenvalue weighted by atomic mass is 16.5.